The molecule has 0 aliphatic heterocycles. The lowest BCUT2D eigenvalue weighted by Gasteiger charge is -2.11. The van der Waals surface area contributed by atoms with Gasteiger partial charge in [-0.1, -0.05) is 47.7 Å². The maximum absolute atomic E-state index is 12.4. The highest BCUT2D eigenvalue weighted by Crippen LogP contribution is 2.30. The standard InChI is InChI=1S/C25H22N2O5S2/c1-31-22-14-17(8-12-21(22)32-16-18-6-4-3-5-7-18)9-13-24(28)27-25-26-20-11-10-19(34(2,29)30)15-23(20)33-25/h3-15H,16H2,1-2H3,(H,26,27,28)/b13-9+. The van der Waals surface area contributed by atoms with Crippen molar-refractivity contribution in [1.82, 2.24) is 4.98 Å². The lowest BCUT2D eigenvalue weighted by atomic mass is 10.2. The van der Waals surface area contributed by atoms with Crippen LogP contribution < -0.4 is 14.8 Å². The highest BCUT2D eigenvalue weighted by Gasteiger charge is 2.12. The van der Waals surface area contributed by atoms with Crippen LogP contribution in [0.4, 0.5) is 5.13 Å². The second kappa shape index (κ2) is 10.1. The van der Waals surface area contributed by atoms with Crippen LogP contribution in [0.3, 0.4) is 0 Å². The summed E-state index contributed by atoms with van der Waals surface area (Å²) >= 11 is 1.21. The molecule has 0 aliphatic rings. The normalized spacial score (nSPS) is 11.6. The van der Waals surface area contributed by atoms with Gasteiger partial charge in [0.1, 0.15) is 6.61 Å². The van der Waals surface area contributed by atoms with Gasteiger partial charge in [-0.15, -0.1) is 0 Å². The van der Waals surface area contributed by atoms with Crippen molar-refractivity contribution in [2.45, 2.75) is 11.5 Å². The van der Waals surface area contributed by atoms with Gasteiger partial charge in [0.05, 0.1) is 22.2 Å². The molecule has 0 atom stereocenters. The number of methoxy groups -OCH3 is 1. The monoisotopic (exact) mass is 494 g/mol. The Morgan fingerprint density at radius 3 is 2.59 bits per heavy atom. The molecule has 1 heterocycles. The van der Waals surface area contributed by atoms with Gasteiger partial charge in [-0.3, -0.25) is 10.1 Å². The van der Waals surface area contributed by atoms with Crippen LogP contribution in [0.1, 0.15) is 11.1 Å². The summed E-state index contributed by atoms with van der Waals surface area (Å²) in [6.07, 6.45) is 4.21. The van der Waals surface area contributed by atoms with Crippen LogP contribution >= 0.6 is 11.3 Å². The van der Waals surface area contributed by atoms with E-state index in [0.717, 1.165) is 17.4 Å². The van der Waals surface area contributed by atoms with Crippen LogP contribution in [0.15, 0.2) is 77.7 Å². The fourth-order valence-electron chi connectivity index (χ4n) is 3.15. The zero-order valence-electron chi connectivity index (χ0n) is 18.5. The number of nitrogens with one attached hydrogen (secondary N) is 1. The van der Waals surface area contributed by atoms with E-state index in [2.05, 4.69) is 10.3 Å². The third-order valence-corrected chi connectivity index (χ3v) is 6.91. The Hall–Kier alpha value is -3.69. The van der Waals surface area contributed by atoms with Crippen LogP contribution in [0.5, 0.6) is 11.5 Å². The summed E-state index contributed by atoms with van der Waals surface area (Å²) in [5, 5.41) is 3.10. The summed E-state index contributed by atoms with van der Waals surface area (Å²) in [6, 6.07) is 19.9. The molecular formula is C25H22N2O5S2. The fourth-order valence-corrected chi connectivity index (χ4v) is 4.78. The molecule has 174 valence electrons. The Kier molecular flexibility index (Phi) is 6.95. The quantitative estimate of drug-likeness (QED) is 0.349. The lowest BCUT2D eigenvalue weighted by molar-refractivity contribution is -0.111. The molecule has 0 bridgehead atoms. The Balaban J connectivity index is 1.42. The largest absolute Gasteiger partial charge is 0.493 e. The minimum absolute atomic E-state index is 0.214. The molecule has 0 saturated carbocycles. The number of rotatable bonds is 8. The van der Waals surface area contributed by atoms with Crippen molar-refractivity contribution < 1.29 is 22.7 Å². The maximum Gasteiger partial charge on any atom is 0.250 e. The van der Waals surface area contributed by atoms with Gasteiger partial charge in [0, 0.05) is 12.3 Å². The van der Waals surface area contributed by atoms with Crippen LogP contribution in [0.2, 0.25) is 0 Å². The molecule has 4 rings (SSSR count). The van der Waals surface area contributed by atoms with Crippen LogP contribution in [-0.2, 0) is 21.2 Å². The van der Waals surface area contributed by atoms with Gasteiger partial charge in [0.2, 0.25) is 5.91 Å². The lowest BCUT2D eigenvalue weighted by Crippen LogP contribution is -2.07. The highest BCUT2D eigenvalue weighted by atomic mass is 32.2. The minimum atomic E-state index is -3.31. The molecule has 7 nitrogen and oxygen atoms in total. The molecule has 0 saturated heterocycles. The van der Waals surface area contributed by atoms with Gasteiger partial charge in [-0.25, -0.2) is 13.4 Å². The zero-order valence-corrected chi connectivity index (χ0v) is 20.2. The van der Waals surface area contributed by atoms with Crippen molar-refractivity contribution in [2.75, 3.05) is 18.7 Å². The number of carbonyl (C=O) groups is 1. The number of sulfone groups is 1. The van der Waals surface area contributed by atoms with E-state index in [1.54, 1.807) is 37.5 Å². The second-order valence-electron chi connectivity index (χ2n) is 7.43. The SMILES string of the molecule is COc1cc(/C=C/C(=O)Nc2nc3ccc(S(C)(=O)=O)cc3s2)ccc1OCc1ccccc1. The van der Waals surface area contributed by atoms with Crippen molar-refractivity contribution in [2.24, 2.45) is 0 Å². The van der Waals surface area contributed by atoms with E-state index < -0.39 is 9.84 Å². The third kappa shape index (κ3) is 5.81. The number of thiazole rings is 1. The fraction of sp³-hybridized carbons (Fsp3) is 0.120. The van der Waals surface area contributed by atoms with E-state index in [1.165, 1.54) is 23.5 Å². The molecule has 4 aromatic rings. The average molecular weight is 495 g/mol. The van der Waals surface area contributed by atoms with Gasteiger partial charge in [-0.2, -0.15) is 0 Å². The van der Waals surface area contributed by atoms with E-state index in [9.17, 15) is 13.2 Å². The number of carbonyl (C=O) groups excluding carboxylic acids is 1. The van der Waals surface area contributed by atoms with E-state index in [-0.39, 0.29) is 10.8 Å². The molecule has 0 radical (unpaired) electrons. The van der Waals surface area contributed by atoms with Crippen LogP contribution in [0, 0.1) is 0 Å². The highest BCUT2D eigenvalue weighted by molar-refractivity contribution is 7.90. The van der Waals surface area contributed by atoms with Crippen molar-refractivity contribution >= 4 is 48.5 Å². The van der Waals surface area contributed by atoms with Crippen LogP contribution in [0.25, 0.3) is 16.3 Å². The van der Waals surface area contributed by atoms with Gasteiger partial charge < -0.3 is 9.47 Å². The Bertz CT molecular complexity index is 1460. The third-order valence-electron chi connectivity index (χ3n) is 4.87. The van der Waals surface area contributed by atoms with Gasteiger partial charge in [0.15, 0.2) is 26.5 Å². The molecule has 0 spiro atoms. The number of benzene rings is 3. The predicted octanol–water partition coefficient (Wildman–Crippen LogP) is 4.94. The summed E-state index contributed by atoms with van der Waals surface area (Å²) in [4.78, 5) is 16.9. The molecule has 34 heavy (non-hydrogen) atoms. The number of hydrogen-bond acceptors (Lipinski definition) is 7. The van der Waals surface area contributed by atoms with Crippen molar-refractivity contribution in [3.63, 3.8) is 0 Å². The molecule has 1 N–H and O–H groups in total. The summed E-state index contributed by atoms with van der Waals surface area (Å²) < 4.78 is 35.4. The van der Waals surface area contributed by atoms with Crippen molar-refractivity contribution in [1.29, 1.82) is 0 Å². The van der Waals surface area contributed by atoms with Gasteiger partial charge in [-0.05, 0) is 47.5 Å². The van der Waals surface area contributed by atoms with Crippen molar-refractivity contribution in [3.8, 4) is 11.5 Å². The zero-order chi connectivity index (χ0) is 24.1. The van der Waals surface area contributed by atoms with E-state index >= 15 is 0 Å². The van der Waals surface area contributed by atoms with Crippen molar-refractivity contribution in [3.05, 3.63) is 83.9 Å². The number of amides is 1. The molecule has 0 fully saturated rings. The van der Waals surface area contributed by atoms with Gasteiger partial charge in [0.25, 0.3) is 0 Å². The molecular weight excluding hydrogens is 472 g/mol. The molecule has 3 aromatic carbocycles. The smallest absolute Gasteiger partial charge is 0.250 e. The van der Waals surface area contributed by atoms with Crippen LogP contribution in [-0.4, -0.2) is 32.7 Å². The predicted molar refractivity (Wildman–Crippen MR) is 134 cm³/mol. The van der Waals surface area contributed by atoms with E-state index in [0.29, 0.717) is 33.5 Å². The summed E-state index contributed by atoms with van der Waals surface area (Å²) in [6.45, 7) is 0.419. The number of aromatic nitrogens is 1. The van der Waals surface area contributed by atoms with Gasteiger partial charge >= 0.3 is 0 Å². The number of anilines is 1. The summed E-state index contributed by atoms with van der Waals surface area (Å²) in [5.41, 5.74) is 2.43. The second-order valence-corrected chi connectivity index (χ2v) is 10.5. The first kappa shape index (κ1) is 23.5. The molecule has 9 heteroatoms. The molecule has 0 unspecified atom stereocenters. The number of nitrogens with zero attached hydrogens (tertiary/aromatic N) is 1. The number of fused-ring (bicyclic) bond motifs is 1. The first-order valence-electron chi connectivity index (χ1n) is 10.3. The minimum Gasteiger partial charge on any atom is -0.493 e. The summed E-state index contributed by atoms with van der Waals surface area (Å²) in [5.74, 6) is 0.813. The topological polar surface area (TPSA) is 94.6 Å². The number of ether oxygens (including phenoxy) is 2. The molecule has 1 aromatic heterocycles. The average Bonchev–Trinajstić information content (AvgIpc) is 3.23. The number of hydrogen-bond donors (Lipinski definition) is 1. The first-order valence-corrected chi connectivity index (χ1v) is 13.0. The Labute approximate surface area is 201 Å². The molecule has 0 aliphatic carbocycles. The van der Waals surface area contributed by atoms with E-state index in [1.807, 2.05) is 36.4 Å². The molecule has 1 amide bonds. The Morgan fingerprint density at radius 2 is 1.85 bits per heavy atom. The first-order chi connectivity index (χ1) is 16.3. The Morgan fingerprint density at radius 1 is 1.06 bits per heavy atom. The van der Waals surface area contributed by atoms with E-state index in [4.69, 9.17) is 9.47 Å². The maximum atomic E-state index is 12.4. The summed E-state index contributed by atoms with van der Waals surface area (Å²) in [7, 11) is -1.75.